The zero-order valence-corrected chi connectivity index (χ0v) is 45.6. The highest BCUT2D eigenvalue weighted by Crippen LogP contribution is 2.43. The van der Waals surface area contributed by atoms with E-state index in [1.54, 1.807) is 0 Å². The lowest BCUT2D eigenvalue weighted by Crippen LogP contribution is -2.37. The Morgan fingerprint density at radius 2 is 0.682 bits per heavy atom. The van der Waals surface area contributed by atoms with Crippen molar-refractivity contribution in [1.82, 2.24) is 0 Å². The average molecular weight is 959 g/mol. The van der Waals surface area contributed by atoms with Crippen molar-refractivity contribution in [2.24, 2.45) is 0 Å². The first-order chi connectivity index (χ1) is 32.0. The Hall–Kier alpha value is -0.990. The topological polar surface area (TPSA) is 108 Å². The number of likely N-dealkylation sites (N-methyl/N-ethyl adjacent to an activating group) is 1. The minimum atomic E-state index is -4.37. The Balaban J connectivity index is 3.82. The van der Waals surface area contributed by atoms with Crippen molar-refractivity contribution in [3.05, 3.63) is 0 Å². The minimum absolute atomic E-state index is 0.0368. The first-order valence-corrected chi connectivity index (χ1v) is 30.3. The fourth-order valence-electron chi connectivity index (χ4n) is 8.67. The zero-order chi connectivity index (χ0) is 48.5. The third-order valence-corrected chi connectivity index (χ3v) is 14.1. The Labute approximate surface area is 410 Å². The maximum Gasteiger partial charge on any atom is 0.472 e. The average Bonchev–Trinajstić information content (AvgIpc) is 3.27. The number of phosphoric ester groups is 1. The highest BCUT2D eigenvalue weighted by atomic mass is 31.2. The van der Waals surface area contributed by atoms with E-state index in [1.165, 1.54) is 231 Å². The number of hydrogen-bond donors (Lipinski definition) is 1. The van der Waals surface area contributed by atoms with Crippen molar-refractivity contribution in [1.29, 1.82) is 0 Å². The Kier molecular flexibility index (Phi) is 48.3. The highest BCUT2D eigenvalue weighted by Gasteiger charge is 2.27. The summed E-state index contributed by atoms with van der Waals surface area (Å²) in [7, 11) is 1.50. The molecule has 0 fully saturated rings. The van der Waals surface area contributed by atoms with Crippen molar-refractivity contribution in [2.75, 3.05) is 47.5 Å². The van der Waals surface area contributed by atoms with E-state index >= 15 is 0 Å². The van der Waals surface area contributed by atoms with Crippen molar-refractivity contribution in [2.45, 2.75) is 302 Å². The second kappa shape index (κ2) is 49.0. The largest absolute Gasteiger partial charge is 0.472 e. The Bertz CT molecular complexity index is 1080. The van der Waals surface area contributed by atoms with Crippen molar-refractivity contribution in [3.63, 3.8) is 0 Å². The predicted molar refractivity (Wildman–Crippen MR) is 280 cm³/mol. The molecule has 1 N–H and O–H groups in total. The first-order valence-electron chi connectivity index (χ1n) is 28.8. The normalized spacial score (nSPS) is 13.2. The van der Waals surface area contributed by atoms with E-state index in [2.05, 4.69) is 13.8 Å². The van der Waals surface area contributed by atoms with Crippen LogP contribution >= 0.6 is 7.82 Å². The van der Waals surface area contributed by atoms with Crippen molar-refractivity contribution >= 4 is 19.8 Å². The number of carbonyl (C=O) groups excluding carboxylic acids is 2. The van der Waals surface area contributed by atoms with Crippen LogP contribution in [0.3, 0.4) is 0 Å². The predicted octanol–water partition coefficient (Wildman–Crippen LogP) is 17.5. The van der Waals surface area contributed by atoms with Gasteiger partial charge in [0.1, 0.15) is 19.8 Å². The number of phosphoric acid groups is 1. The molecule has 0 heterocycles. The molecule has 0 saturated heterocycles. The van der Waals surface area contributed by atoms with E-state index < -0.39 is 26.5 Å². The van der Waals surface area contributed by atoms with Crippen LogP contribution < -0.4 is 0 Å². The number of esters is 2. The maximum absolute atomic E-state index is 12.7. The van der Waals surface area contributed by atoms with E-state index in [0.717, 1.165) is 38.5 Å². The zero-order valence-electron chi connectivity index (χ0n) is 44.7. The standard InChI is InChI=1S/C56H112NO8P/c1-6-8-10-12-14-16-17-18-19-20-21-22-23-24-25-26-27-28-29-30-31-32-33-34-35-36-37-38-39-40-41-43-45-47-49-56(59)65-54(53-64-66(60,61)63-51-50-57(3,4)5)52-62-55(58)48-46-44-42-15-13-11-9-7-2/h54H,6-53H2,1-5H3/p+1. The van der Waals surface area contributed by atoms with E-state index in [9.17, 15) is 19.0 Å². The summed E-state index contributed by atoms with van der Waals surface area (Å²) in [5.74, 6) is -0.785. The molecule has 0 bridgehead atoms. The van der Waals surface area contributed by atoms with Gasteiger partial charge in [-0.05, 0) is 12.8 Å². The molecule has 0 spiro atoms. The number of quaternary nitrogens is 1. The van der Waals surface area contributed by atoms with Gasteiger partial charge in [0.05, 0.1) is 27.7 Å². The molecule has 0 aliphatic heterocycles. The molecule has 9 nitrogen and oxygen atoms in total. The number of rotatable bonds is 54. The molecule has 66 heavy (non-hydrogen) atoms. The fraction of sp³-hybridized carbons (Fsp3) is 0.964. The molecule has 0 saturated carbocycles. The van der Waals surface area contributed by atoms with Crippen LogP contribution in [0.4, 0.5) is 0 Å². The second-order valence-electron chi connectivity index (χ2n) is 21.0. The number of nitrogens with zero attached hydrogens (tertiary/aromatic N) is 1. The van der Waals surface area contributed by atoms with Crippen LogP contribution in [0, 0.1) is 0 Å². The summed E-state index contributed by atoms with van der Waals surface area (Å²) < 4.78 is 34.4. The molecular formula is C56H113NO8P+. The summed E-state index contributed by atoms with van der Waals surface area (Å²) in [6.07, 6.45) is 55.1. The lowest BCUT2D eigenvalue weighted by atomic mass is 10.0. The van der Waals surface area contributed by atoms with E-state index in [-0.39, 0.29) is 25.6 Å². The van der Waals surface area contributed by atoms with Crippen LogP contribution in [0.5, 0.6) is 0 Å². The number of carbonyl (C=O) groups is 2. The molecule has 0 aliphatic rings. The van der Waals surface area contributed by atoms with Crippen LogP contribution in [-0.2, 0) is 32.7 Å². The first kappa shape index (κ1) is 65.0. The number of hydrogen-bond acceptors (Lipinski definition) is 7. The molecule has 10 heteroatoms. The molecule has 0 aromatic heterocycles. The van der Waals surface area contributed by atoms with Gasteiger partial charge in [0.15, 0.2) is 6.10 Å². The van der Waals surface area contributed by atoms with Gasteiger partial charge >= 0.3 is 19.8 Å². The Morgan fingerprint density at radius 1 is 0.409 bits per heavy atom. The van der Waals surface area contributed by atoms with E-state index in [4.69, 9.17) is 18.5 Å². The molecule has 0 aromatic carbocycles. The summed E-state index contributed by atoms with van der Waals surface area (Å²) in [5.41, 5.74) is 0. The molecule has 2 atom stereocenters. The summed E-state index contributed by atoms with van der Waals surface area (Å²) in [6.45, 7) is 4.44. The quantitative estimate of drug-likeness (QED) is 0.0278. The monoisotopic (exact) mass is 959 g/mol. The second-order valence-corrected chi connectivity index (χ2v) is 22.5. The molecule has 394 valence electrons. The van der Waals surface area contributed by atoms with E-state index in [1.807, 2.05) is 21.1 Å². The van der Waals surface area contributed by atoms with Crippen LogP contribution in [0.15, 0.2) is 0 Å². The SMILES string of the molecule is CCCCCCCCCCCCCCCCCCCCCCCCCCCCCCCCCCCCC(=O)OC(COC(=O)CCCCCCCCCC)COP(=O)(O)OCC[N+](C)(C)C. The summed E-state index contributed by atoms with van der Waals surface area (Å²) >= 11 is 0. The van der Waals surface area contributed by atoms with Gasteiger partial charge in [-0.3, -0.25) is 18.6 Å². The fourth-order valence-corrected chi connectivity index (χ4v) is 9.41. The van der Waals surface area contributed by atoms with Gasteiger partial charge in [-0.15, -0.1) is 0 Å². The summed E-state index contributed by atoms with van der Waals surface area (Å²) in [4.78, 5) is 35.4. The molecule has 0 aromatic rings. The van der Waals surface area contributed by atoms with Crippen LogP contribution in [0.2, 0.25) is 0 Å². The van der Waals surface area contributed by atoms with Gasteiger partial charge in [0, 0.05) is 12.8 Å². The smallest absolute Gasteiger partial charge is 0.462 e. The molecule has 0 aliphatic carbocycles. The molecule has 0 amide bonds. The van der Waals surface area contributed by atoms with Gasteiger partial charge < -0.3 is 18.9 Å². The van der Waals surface area contributed by atoms with Gasteiger partial charge in [-0.2, -0.15) is 0 Å². The molecule has 0 radical (unpaired) electrons. The molecule has 0 rings (SSSR count). The number of unbranched alkanes of at least 4 members (excludes halogenated alkanes) is 40. The molecule has 2 unspecified atom stereocenters. The van der Waals surface area contributed by atoms with Crippen molar-refractivity contribution < 1.29 is 42.1 Å². The van der Waals surface area contributed by atoms with Crippen LogP contribution in [-0.4, -0.2) is 74.9 Å². The lowest BCUT2D eigenvalue weighted by Gasteiger charge is -2.24. The number of ether oxygens (including phenoxy) is 2. The Morgan fingerprint density at radius 3 is 0.970 bits per heavy atom. The lowest BCUT2D eigenvalue weighted by molar-refractivity contribution is -0.870. The van der Waals surface area contributed by atoms with Gasteiger partial charge in [0.2, 0.25) is 0 Å². The highest BCUT2D eigenvalue weighted by molar-refractivity contribution is 7.47. The van der Waals surface area contributed by atoms with Crippen LogP contribution in [0.1, 0.15) is 296 Å². The third kappa shape index (κ3) is 52.4. The summed E-state index contributed by atoms with van der Waals surface area (Å²) in [5, 5.41) is 0. The van der Waals surface area contributed by atoms with Gasteiger partial charge in [-0.1, -0.05) is 271 Å². The molecular weight excluding hydrogens is 846 g/mol. The van der Waals surface area contributed by atoms with Gasteiger partial charge in [-0.25, -0.2) is 4.57 Å². The maximum atomic E-state index is 12.7. The van der Waals surface area contributed by atoms with Gasteiger partial charge in [0.25, 0.3) is 0 Å². The minimum Gasteiger partial charge on any atom is -0.462 e. The third-order valence-electron chi connectivity index (χ3n) is 13.1. The summed E-state index contributed by atoms with van der Waals surface area (Å²) in [6, 6.07) is 0. The van der Waals surface area contributed by atoms with E-state index in [0.29, 0.717) is 17.4 Å². The van der Waals surface area contributed by atoms with Crippen molar-refractivity contribution in [3.8, 4) is 0 Å². The van der Waals surface area contributed by atoms with Crippen LogP contribution in [0.25, 0.3) is 0 Å².